The van der Waals surface area contributed by atoms with E-state index in [1.807, 2.05) is 4.98 Å². The molecule has 4 rings (SSSR count). The average molecular weight is 530 g/mol. The van der Waals surface area contributed by atoms with Gasteiger partial charge >= 0.3 is 17.6 Å². The van der Waals surface area contributed by atoms with Crippen LogP contribution in [0, 0.1) is 0 Å². The number of ether oxygens (including phenoxy) is 3. The highest BCUT2D eigenvalue weighted by Gasteiger charge is 2.60. The molecule has 1 aliphatic rings. The third-order valence-electron chi connectivity index (χ3n) is 5.39. The number of nitrogens with zero attached hydrogens (tertiary/aromatic N) is 4. The number of benzene rings is 2. The molecule has 0 saturated carbocycles. The van der Waals surface area contributed by atoms with Gasteiger partial charge in [0.25, 0.3) is 5.56 Å². The molecule has 190 valence electrons. The second kappa shape index (κ2) is 10.7. The Balaban J connectivity index is 1.69. The summed E-state index contributed by atoms with van der Waals surface area (Å²) >= 11 is 5.88. The number of hydrogen-bond donors (Lipinski definition) is 1. The zero-order chi connectivity index (χ0) is 26.6. The first-order valence-electron chi connectivity index (χ1n) is 10.6. The third kappa shape index (κ3) is 5.38. The fourth-order valence-corrected chi connectivity index (χ4v) is 3.82. The maximum atomic E-state index is 16.0. The lowest BCUT2D eigenvalue weighted by atomic mass is 10.1. The predicted octanol–water partition coefficient (Wildman–Crippen LogP) is 3.15. The van der Waals surface area contributed by atoms with E-state index in [-0.39, 0.29) is 16.1 Å². The molecule has 0 unspecified atom stereocenters. The minimum atomic E-state index is -2.54. The number of halogens is 2. The van der Waals surface area contributed by atoms with Crippen molar-refractivity contribution in [1.82, 2.24) is 9.55 Å². The van der Waals surface area contributed by atoms with E-state index < -0.39 is 54.0 Å². The molecule has 2 aromatic carbocycles. The molecule has 1 fully saturated rings. The Labute approximate surface area is 211 Å². The Morgan fingerprint density at radius 3 is 2.54 bits per heavy atom. The highest BCUT2D eigenvalue weighted by Crippen LogP contribution is 2.42. The van der Waals surface area contributed by atoms with Crippen molar-refractivity contribution in [3.8, 4) is 0 Å². The van der Waals surface area contributed by atoms with E-state index >= 15 is 4.39 Å². The topological polar surface area (TPSA) is 165 Å². The van der Waals surface area contributed by atoms with Gasteiger partial charge in [-0.15, -0.1) is 0 Å². The summed E-state index contributed by atoms with van der Waals surface area (Å²) in [6, 6.07) is 14.3. The normalized spacial score (nSPS) is 22.6. The number of aromatic amines is 1. The largest absolute Gasteiger partial charge is 0.459 e. The van der Waals surface area contributed by atoms with Gasteiger partial charge in [0.05, 0.1) is 11.1 Å². The first-order valence-corrected chi connectivity index (χ1v) is 11.0. The lowest BCUT2D eigenvalue weighted by Gasteiger charge is -2.25. The summed E-state index contributed by atoms with van der Waals surface area (Å²) in [7, 11) is 0. The molecule has 2 heterocycles. The summed E-state index contributed by atoms with van der Waals surface area (Å²) in [5.41, 5.74) is 4.95. The van der Waals surface area contributed by atoms with Crippen LogP contribution in [0.3, 0.4) is 0 Å². The summed E-state index contributed by atoms with van der Waals surface area (Å²) in [6.07, 6.45) is -4.98. The number of H-pyrrole nitrogens is 1. The van der Waals surface area contributed by atoms with E-state index in [2.05, 4.69) is 10.0 Å². The summed E-state index contributed by atoms with van der Waals surface area (Å²) < 4.78 is 32.8. The minimum Gasteiger partial charge on any atom is -0.459 e. The van der Waals surface area contributed by atoms with Gasteiger partial charge < -0.3 is 14.2 Å². The smallest absolute Gasteiger partial charge is 0.338 e. The van der Waals surface area contributed by atoms with E-state index in [4.69, 9.17) is 31.3 Å². The molecule has 14 heteroatoms. The number of carbonyl (C=O) groups excluding carboxylic acids is 2. The highest BCUT2D eigenvalue weighted by atomic mass is 35.5. The van der Waals surface area contributed by atoms with Gasteiger partial charge in [0.1, 0.15) is 6.61 Å². The molecule has 37 heavy (non-hydrogen) atoms. The Morgan fingerprint density at radius 1 is 1.14 bits per heavy atom. The molecule has 1 aromatic heterocycles. The number of hydrogen-bond acceptors (Lipinski definition) is 8. The second-order valence-corrected chi connectivity index (χ2v) is 8.22. The van der Waals surface area contributed by atoms with Gasteiger partial charge in [-0.05, 0) is 35.9 Å². The highest BCUT2D eigenvalue weighted by molar-refractivity contribution is 6.30. The summed E-state index contributed by atoms with van der Waals surface area (Å²) in [4.78, 5) is 53.8. The standard InChI is InChI=1S/C23H17ClFN5O7/c24-15-8-4-7-14(11-15)20(32)35-12-23(28-29-26)18(25)17(36-21(33)13-5-2-1-3-6-13)19(37-23)30-10-9-16(31)27-22(30)34/h1-11,17-19H,12H2,(H,27,31,34)/t17-,18+,19-,23-/m1/s1. The SMILES string of the molecule is [N-]=[N+]=N[C@]1(COC(=O)c2cccc(Cl)c2)O[C@@H](n2ccc(=O)[nH]c2=O)[C@H](OC(=O)c2ccccc2)[C@@H]1F. The van der Waals surface area contributed by atoms with Crippen LogP contribution in [0.25, 0.3) is 10.4 Å². The number of nitrogens with one attached hydrogen (secondary N) is 1. The Morgan fingerprint density at radius 2 is 1.86 bits per heavy atom. The van der Waals surface area contributed by atoms with Crippen LogP contribution in [0.4, 0.5) is 4.39 Å². The minimum absolute atomic E-state index is 0.0254. The van der Waals surface area contributed by atoms with Gasteiger partial charge in [-0.1, -0.05) is 41.0 Å². The molecule has 0 bridgehead atoms. The summed E-state index contributed by atoms with van der Waals surface area (Å²) in [5, 5.41) is 3.61. The summed E-state index contributed by atoms with van der Waals surface area (Å²) in [5.74, 6) is -1.90. The van der Waals surface area contributed by atoms with Crippen molar-refractivity contribution in [2.75, 3.05) is 6.61 Å². The number of aromatic nitrogens is 2. The van der Waals surface area contributed by atoms with Crippen LogP contribution in [-0.4, -0.2) is 46.1 Å². The van der Waals surface area contributed by atoms with Gasteiger partial charge in [0.15, 0.2) is 18.5 Å². The zero-order valence-electron chi connectivity index (χ0n) is 18.7. The van der Waals surface area contributed by atoms with E-state index in [9.17, 15) is 19.2 Å². The molecule has 1 saturated heterocycles. The monoisotopic (exact) mass is 529 g/mol. The average Bonchev–Trinajstić information content (AvgIpc) is 3.14. The van der Waals surface area contributed by atoms with Crippen molar-refractivity contribution in [1.29, 1.82) is 0 Å². The molecule has 12 nitrogen and oxygen atoms in total. The molecule has 0 radical (unpaired) electrons. The van der Waals surface area contributed by atoms with Crippen LogP contribution in [0.1, 0.15) is 26.9 Å². The van der Waals surface area contributed by atoms with Crippen molar-refractivity contribution in [2.24, 2.45) is 5.11 Å². The Bertz CT molecular complexity index is 1490. The number of alkyl halides is 1. The maximum absolute atomic E-state index is 16.0. The first kappa shape index (κ1) is 25.6. The van der Waals surface area contributed by atoms with Crippen molar-refractivity contribution in [2.45, 2.75) is 24.2 Å². The lowest BCUT2D eigenvalue weighted by molar-refractivity contribution is -0.119. The van der Waals surface area contributed by atoms with Crippen molar-refractivity contribution >= 4 is 23.5 Å². The number of azide groups is 1. The Kier molecular flexibility index (Phi) is 7.39. The van der Waals surface area contributed by atoms with Crippen LogP contribution < -0.4 is 11.2 Å². The van der Waals surface area contributed by atoms with Crippen molar-refractivity contribution in [3.63, 3.8) is 0 Å². The zero-order valence-corrected chi connectivity index (χ0v) is 19.4. The molecular weight excluding hydrogens is 513 g/mol. The van der Waals surface area contributed by atoms with E-state index in [0.717, 1.165) is 16.8 Å². The van der Waals surface area contributed by atoms with Crippen LogP contribution in [-0.2, 0) is 14.2 Å². The lowest BCUT2D eigenvalue weighted by Crippen LogP contribution is -2.44. The number of carbonyl (C=O) groups is 2. The third-order valence-corrected chi connectivity index (χ3v) is 5.62. The molecular formula is C23H17ClFN5O7. The van der Waals surface area contributed by atoms with Crippen LogP contribution in [0.2, 0.25) is 5.02 Å². The molecule has 3 aromatic rings. The number of rotatable bonds is 7. The molecule has 0 aliphatic carbocycles. The van der Waals surface area contributed by atoms with E-state index in [1.54, 1.807) is 18.2 Å². The van der Waals surface area contributed by atoms with Crippen molar-refractivity contribution in [3.05, 3.63) is 114 Å². The molecule has 1 N–H and O–H groups in total. The van der Waals surface area contributed by atoms with Gasteiger partial charge in [-0.3, -0.25) is 14.3 Å². The van der Waals surface area contributed by atoms with Crippen LogP contribution in [0.5, 0.6) is 0 Å². The Hall–Kier alpha value is -4.45. The fraction of sp³-hybridized carbons (Fsp3) is 0.217. The summed E-state index contributed by atoms with van der Waals surface area (Å²) in [6.45, 7) is -0.947. The van der Waals surface area contributed by atoms with Gasteiger partial charge in [0, 0.05) is 22.2 Å². The van der Waals surface area contributed by atoms with Crippen LogP contribution in [0.15, 0.2) is 81.6 Å². The van der Waals surface area contributed by atoms with Crippen molar-refractivity contribution < 1.29 is 28.2 Å². The first-order chi connectivity index (χ1) is 17.7. The molecule has 0 spiro atoms. The number of esters is 2. The van der Waals surface area contributed by atoms with Crippen LogP contribution >= 0.6 is 11.6 Å². The molecule has 4 atom stereocenters. The van der Waals surface area contributed by atoms with Gasteiger partial charge in [-0.25, -0.2) is 18.8 Å². The fourth-order valence-electron chi connectivity index (χ4n) is 3.63. The van der Waals surface area contributed by atoms with Gasteiger partial charge in [-0.2, -0.15) is 0 Å². The van der Waals surface area contributed by atoms with E-state index in [1.165, 1.54) is 36.4 Å². The molecule has 1 aliphatic heterocycles. The second-order valence-electron chi connectivity index (χ2n) is 7.78. The molecule has 0 amide bonds. The predicted molar refractivity (Wildman–Crippen MR) is 126 cm³/mol. The quantitative estimate of drug-likeness (QED) is 0.212. The van der Waals surface area contributed by atoms with Gasteiger partial charge in [0.2, 0.25) is 5.72 Å². The maximum Gasteiger partial charge on any atom is 0.338 e. The van der Waals surface area contributed by atoms with E-state index in [0.29, 0.717) is 0 Å².